The van der Waals surface area contributed by atoms with Crippen LogP contribution in [-0.2, 0) is 5.41 Å². The average Bonchev–Trinajstić information content (AvgIpc) is 2.41. The number of nitrogens with zero attached hydrogens (tertiary/aromatic N) is 1. The summed E-state index contributed by atoms with van der Waals surface area (Å²) in [5, 5.41) is 2.81. The Kier molecular flexibility index (Phi) is 4.41. The highest BCUT2D eigenvalue weighted by atomic mass is 16.2. The van der Waals surface area contributed by atoms with Crippen LogP contribution in [0.5, 0.6) is 0 Å². The number of amides is 1. The predicted molar refractivity (Wildman–Crippen MR) is 92.2 cm³/mol. The second kappa shape index (κ2) is 5.99. The molecule has 0 aliphatic heterocycles. The molecule has 0 radical (unpaired) electrons. The first-order chi connectivity index (χ1) is 10.6. The van der Waals surface area contributed by atoms with Crippen LogP contribution in [0.15, 0.2) is 23.0 Å². The maximum atomic E-state index is 12.5. The highest BCUT2D eigenvalue weighted by molar-refractivity contribution is 6.05. The molecule has 5 heteroatoms. The van der Waals surface area contributed by atoms with Crippen molar-refractivity contribution in [2.45, 2.75) is 47.0 Å². The van der Waals surface area contributed by atoms with Crippen LogP contribution in [-0.4, -0.2) is 15.9 Å². The van der Waals surface area contributed by atoms with Crippen LogP contribution in [0.3, 0.4) is 0 Å². The molecule has 0 atom stereocenters. The predicted octanol–water partition coefficient (Wildman–Crippen LogP) is 3.24. The number of aryl methyl sites for hydroxylation is 3. The summed E-state index contributed by atoms with van der Waals surface area (Å²) in [6.07, 6.45) is 0. The van der Waals surface area contributed by atoms with E-state index in [9.17, 15) is 9.59 Å². The molecule has 0 spiro atoms. The van der Waals surface area contributed by atoms with Gasteiger partial charge in [0.1, 0.15) is 11.4 Å². The minimum atomic E-state index is -0.439. The molecule has 0 unspecified atom stereocenters. The lowest BCUT2D eigenvalue weighted by Crippen LogP contribution is -2.30. The van der Waals surface area contributed by atoms with Gasteiger partial charge in [-0.25, -0.2) is 4.98 Å². The van der Waals surface area contributed by atoms with Crippen LogP contribution in [0.1, 0.15) is 53.8 Å². The second-order valence-corrected chi connectivity index (χ2v) is 6.90. The summed E-state index contributed by atoms with van der Waals surface area (Å²) in [6.45, 7) is 11.4. The summed E-state index contributed by atoms with van der Waals surface area (Å²) in [4.78, 5) is 32.0. The summed E-state index contributed by atoms with van der Waals surface area (Å²) in [5.41, 5.74) is 2.47. The number of carbonyl (C=O) groups excluding carboxylic acids is 1. The van der Waals surface area contributed by atoms with E-state index in [0.717, 1.165) is 11.1 Å². The Labute approximate surface area is 136 Å². The Morgan fingerprint density at radius 1 is 1.17 bits per heavy atom. The number of hydrogen-bond acceptors (Lipinski definition) is 3. The molecule has 2 rings (SSSR count). The van der Waals surface area contributed by atoms with Gasteiger partial charge in [-0.15, -0.1) is 0 Å². The van der Waals surface area contributed by atoms with E-state index in [4.69, 9.17) is 0 Å². The quantitative estimate of drug-likeness (QED) is 0.893. The Morgan fingerprint density at radius 3 is 2.39 bits per heavy atom. The number of carbonyl (C=O) groups is 1. The molecule has 0 aliphatic carbocycles. The van der Waals surface area contributed by atoms with Gasteiger partial charge in [-0.05, 0) is 38.0 Å². The smallest absolute Gasteiger partial charge is 0.264 e. The second-order valence-electron chi connectivity index (χ2n) is 6.90. The Morgan fingerprint density at radius 2 is 1.83 bits per heavy atom. The molecule has 1 amide bonds. The molecule has 0 fully saturated rings. The van der Waals surface area contributed by atoms with Crippen LogP contribution in [0.2, 0.25) is 0 Å². The maximum Gasteiger partial charge on any atom is 0.264 e. The number of aromatic nitrogens is 2. The molecule has 5 nitrogen and oxygen atoms in total. The third kappa shape index (κ3) is 3.67. The van der Waals surface area contributed by atoms with Gasteiger partial charge in [-0.3, -0.25) is 9.59 Å². The van der Waals surface area contributed by atoms with Crippen LogP contribution in [0.25, 0.3) is 0 Å². The minimum absolute atomic E-state index is 0.0545. The molecule has 0 saturated heterocycles. The monoisotopic (exact) mass is 313 g/mol. The normalized spacial score (nSPS) is 11.4. The Balaban J connectivity index is 2.41. The first-order valence-electron chi connectivity index (χ1n) is 7.59. The molecule has 1 aromatic carbocycles. The lowest BCUT2D eigenvalue weighted by atomic mass is 9.95. The van der Waals surface area contributed by atoms with Gasteiger partial charge in [-0.1, -0.05) is 32.9 Å². The topological polar surface area (TPSA) is 74.8 Å². The van der Waals surface area contributed by atoms with E-state index in [2.05, 4.69) is 15.3 Å². The maximum absolute atomic E-state index is 12.5. The van der Waals surface area contributed by atoms with Gasteiger partial charge in [0.25, 0.3) is 11.5 Å². The minimum Gasteiger partial charge on any atom is -0.322 e. The molecule has 1 aromatic heterocycles. The fourth-order valence-corrected chi connectivity index (χ4v) is 2.26. The highest BCUT2D eigenvalue weighted by Gasteiger charge is 2.22. The van der Waals surface area contributed by atoms with Crippen LogP contribution in [0.4, 0.5) is 5.69 Å². The van der Waals surface area contributed by atoms with Crippen molar-refractivity contribution < 1.29 is 4.79 Å². The van der Waals surface area contributed by atoms with E-state index in [1.165, 1.54) is 0 Å². The summed E-state index contributed by atoms with van der Waals surface area (Å²) in [6, 6.07) is 5.79. The van der Waals surface area contributed by atoms with Gasteiger partial charge < -0.3 is 10.3 Å². The number of nitrogens with one attached hydrogen (secondary N) is 2. The van der Waals surface area contributed by atoms with Crippen molar-refractivity contribution in [2.75, 3.05) is 5.32 Å². The zero-order valence-corrected chi connectivity index (χ0v) is 14.5. The number of anilines is 1. The van der Waals surface area contributed by atoms with E-state index < -0.39 is 11.5 Å². The molecule has 23 heavy (non-hydrogen) atoms. The van der Waals surface area contributed by atoms with Crippen LogP contribution >= 0.6 is 0 Å². The average molecular weight is 313 g/mol. The lowest BCUT2D eigenvalue weighted by molar-refractivity contribution is 0.102. The lowest BCUT2D eigenvalue weighted by Gasteiger charge is -2.18. The van der Waals surface area contributed by atoms with Crippen molar-refractivity contribution in [3.8, 4) is 0 Å². The number of benzene rings is 1. The molecular weight excluding hydrogens is 290 g/mol. The van der Waals surface area contributed by atoms with Crippen LogP contribution < -0.4 is 10.9 Å². The molecular formula is C18H23N3O2. The van der Waals surface area contributed by atoms with Gasteiger partial charge in [-0.2, -0.15) is 0 Å². The fraction of sp³-hybridized carbons (Fsp3) is 0.389. The first kappa shape index (κ1) is 16.9. The fourth-order valence-electron chi connectivity index (χ4n) is 2.26. The Hall–Kier alpha value is -2.43. The van der Waals surface area contributed by atoms with Gasteiger partial charge in [0.2, 0.25) is 0 Å². The number of H-pyrrole nitrogens is 1. The van der Waals surface area contributed by atoms with Crippen molar-refractivity contribution in [3.63, 3.8) is 0 Å². The van der Waals surface area contributed by atoms with Gasteiger partial charge in [0.05, 0.1) is 5.69 Å². The summed E-state index contributed by atoms with van der Waals surface area (Å²) < 4.78 is 0. The van der Waals surface area contributed by atoms with E-state index in [1.54, 1.807) is 6.92 Å². The van der Waals surface area contributed by atoms with Crippen molar-refractivity contribution in [2.24, 2.45) is 0 Å². The third-order valence-electron chi connectivity index (χ3n) is 3.68. The molecule has 0 aliphatic rings. The zero-order chi connectivity index (χ0) is 17.4. The largest absolute Gasteiger partial charge is 0.322 e. The number of rotatable bonds is 2. The number of hydrogen-bond donors (Lipinski definition) is 2. The van der Waals surface area contributed by atoms with E-state index in [1.807, 2.05) is 52.8 Å². The van der Waals surface area contributed by atoms with Gasteiger partial charge in [0, 0.05) is 11.1 Å². The molecule has 2 N–H and O–H groups in total. The molecule has 0 saturated carbocycles. The van der Waals surface area contributed by atoms with Crippen molar-refractivity contribution in [1.82, 2.24) is 9.97 Å². The Bertz CT molecular complexity index is 814. The standard InChI is InChI=1S/C18H23N3O2/c1-10-7-8-11(2)13(9-10)20-15(22)14-12(3)19-17(18(4,5)6)21-16(14)23/h7-9H,1-6H3,(H,20,22)(H,19,21,23). The molecule has 0 bridgehead atoms. The molecule has 2 aromatic rings. The van der Waals surface area contributed by atoms with E-state index >= 15 is 0 Å². The summed E-state index contributed by atoms with van der Waals surface area (Å²) in [7, 11) is 0. The van der Waals surface area contributed by atoms with Gasteiger partial charge in [0.15, 0.2) is 0 Å². The molecule has 1 heterocycles. The van der Waals surface area contributed by atoms with Crippen molar-refractivity contribution in [3.05, 3.63) is 56.8 Å². The van der Waals surface area contributed by atoms with E-state index in [0.29, 0.717) is 17.2 Å². The highest BCUT2D eigenvalue weighted by Crippen LogP contribution is 2.19. The molecule has 122 valence electrons. The SMILES string of the molecule is Cc1ccc(C)c(NC(=O)c2c(C)nc(C(C)(C)C)[nH]c2=O)c1. The van der Waals surface area contributed by atoms with Gasteiger partial charge >= 0.3 is 0 Å². The third-order valence-corrected chi connectivity index (χ3v) is 3.68. The summed E-state index contributed by atoms with van der Waals surface area (Å²) >= 11 is 0. The van der Waals surface area contributed by atoms with Crippen LogP contribution in [0, 0.1) is 20.8 Å². The van der Waals surface area contributed by atoms with Crippen molar-refractivity contribution >= 4 is 11.6 Å². The number of aromatic amines is 1. The van der Waals surface area contributed by atoms with Crippen molar-refractivity contribution in [1.29, 1.82) is 0 Å². The van der Waals surface area contributed by atoms with E-state index in [-0.39, 0.29) is 11.0 Å². The first-order valence-corrected chi connectivity index (χ1v) is 7.59. The summed E-state index contributed by atoms with van der Waals surface area (Å²) in [5.74, 6) is 0.133. The zero-order valence-electron chi connectivity index (χ0n) is 14.5.